The van der Waals surface area contributed by atoms with E-state index in [0.717, 1.165) is 46.4 Å². The minimum absolute atomic E-state index is 0.00547. The number of thiophene rings is 1. The van der Waals surface area contributed by atoms with E-state index in [1.54, 1.807) is 27.1 Å². The van der Waals surface area contributed by atoms with Crippen molar-refractivity contribution in [3.05, 3.63) is 68.0 Å². The van der Waals surface area contributed by atoms with Gasteiger partial charge in [-0.2, -0.15) is 0 Å². The van der Waals surface area contributed by atoms with Crippen LogP contribution >= 0.6 is 22.7 Å². The molecule has 1 aromatic carbocycles. The minimum atomic E-state index is -0.101. The van der Waals surface area contributed by atoms with E-state index in [9.17, 15) is 9.59 Å². The Morgan fingerprint density at radius 3 is 2.72 bits per heavy atom. The first kappa shape index (κ1) is 21.0. The third-order valence-electron chi connectivity index (χ3n) is 5.86. The van der Waals surface area contributed by atoms with Gasteiger partial charge in [0.15, 0.2) is 5.13 Å². The number of amides is 1. The van der Waals surface area contributed by atoms with Gasteiger partial charge in [0.25, 0.3) is 5.56 Å². The molecule has 0 radical (unpaired) electrons. The summed E-state index contributed by atoms with van der Waals surface area (Å²) in [7, 11) is 0. The molecule has 0 spiro atoms. The number of aromatic nitrogens is 3. The van der Waals surface area contributed by atoms with Crippen molar-refractivity contribution in [2.45, 2.75) is 52.5 Å². The van der Waals surface area contributed by atoms with Crippen LogP contribution in [-0.2, 0) is 24.2 Å². The highest BCUT2D eigenvalue weighted by molar-refractivity contribution is 7.18. The van der Waals surface area contributed by atoms with Crippen molar-refractivity contribution in [3.63, 3.8) is 0 Å². The van der Waals surface area contributed by atoms with Crippen LogP contribution < -0.4 is 10.5 Å². The zero-order valence-corrected chi connectivity index (χ0v) is 19.8. The van der Waals surface area contributed by atoms with Gasteiger partial charge in [-0.3, -0.25) is 19.1 Å². The molecule has 1 aliphatic carbocycles. The molecule has 1 aliphatic rings. The summed E-state index contributed by atoms with van der Waals surface area (Å²) in [6.45, 7) is 3.88. The van der Waals surface area contributed by atoms with Gasteiger partial charge in [0, 0.05) is 17.2 Å². The summed E-state index contributed by atoms with van der Waals surface area (Å²) >= 11 is 3.07. The summed E-state index contributed by atoms with van der Waals surface area (Å²) in [5.41, 5.74) is 3.87. The molecule has 4 aromatic rings. The number of thiazole rings is 1. The van der Waals surface area contributed by atoms with E-state index >= 15 is 0 Å². The molecule has 164 valence electrons. The first-order valence-electron chi connectivity index (χ1n) is 10.8. The monoisotopic (exact) mass is 464 g/mol. The molecule has 3 heterocycles. The molecule has 0 saturated carbocycles. The molecule has 5 rings (SSSR count). The van der Waals surface area contributed by atoms with Crippen LogP contribution in [0.1, 0.15) is 47.9 Å². The lowest BCUT2D eigenvalue weighted by Crippen LogP contribution is -2.23. The first-order chi connectivity index (χ1) is 15.5. The molecule has 32 heavy (non-hydrogen) atoms. The predicted molar refractivity (Wildman–Crippen MR) is 130 cm³/mol. The van der Waals surface area contributed by atoms with Crippen LogP contribution in [0.25, 0.3) is 10.2 Å². The van der Waals surface area contributed by atoms with Crippen molar-refractivity contribution < 1.29 is 4.79 Å². The van der Waals surface area contributed by atoms with Gasteiger partial charge in [0.05, 0.1) is 29.6 Å². The Balaban J connectivity index is 1.47. The number of carbonyl (C=O) groups is 1. The third kappa shape index (κ3) is 3.89. The molecule has 0 fully saturated rings. The summed E-state index contributed by atoms with van der Waals surface area (Å²) in [6.07, 6.45) is 7.16. The van der Waals surface area contributed by atoms with Crippen LogP contribution in [0, 0.1) is 6.92 Å². The second-order valence-electron chi connectivity index (χ2n) is 8.23. The van der Waals surface area contributed by atoms with Crippen LogP contribution in [-0.4, -0.2) is 20.4 Å². The third-order valence-corrected chi connectivity index (χ3v) is 7.94. The average molecular weight is 465 g/mol. The van der Waals surface area contributed by atoms with E-state index in [4.69, 9.17) is 0 Å². The molecule has 0 aliphatic heterocycles. The largest absolute Gasteiger partial charge is 0.293 e. The van der Waals surface area contributed by atoms with Gasteiger partial charge in [0.1, 0.15) is 4.83 Å². The van der Waals surface area contributed by atoms with Crippen molar-refractivity contribution in [1.29, 1.82) is 0 Å². The van der Waals surface area contributed by atoms with Crippen LogP contribution in [0.3, 0.4) is 0 Å². The Morgan fingerprint density at radius 2 is 1.94 bits per heavy atom. The van der Waals surface area contributed by atoms with E-state index in [-0.39, 0.29) is 11.5 Å². The first-order valence-corrected chi connectivity index (χ1v) is 12.5. The highest BCUT2D eigenvalue weighted by Crippen LogP contribution is 2.33. The van der Waals surface area contributed by atoms with E-state index < -0.39 is 0 Å². The van der Waals surface area contributed by atoms with Crippen molar-refractivity contribution >= 4 is 49.6 Å². The summed E-state index contributed by atoms with van der Waals surface area (Å²) in [6, 6.07) is 7.79. The fourth-order valence-corrected chi connectivity index (χ4v) is 6.33. The lowest BCUT2D eigenvalue weighted by atomic mass is 10.1. The van der Waals surface area contributed by atoms with Crippen molar-refractivity contribution in [3.8, 4) is 0 Å². The number of aryl methyl sites for hydroxylation is 3. The fraction of sp³-hybridized carbons (Fsp3) is 0.333. The molecular weight excluding hydrogens is 440 g/mol. The summed E-state index contributed by atoms with van der Waals surface area (Å²) in [5.74, 6) is -0.101. The normalized spacial score (nSPS) is 13.7. The minimum Gasteiger partial charge on any atom is -0.293 e. The van der Waals surface area contributed by atoms with E-state index in [1.807, 2.05) is 36.6 Å². The maximum absolute atomic E-state index is 13.3. The molecule has 0 bridgehead atoms. The Bertz CT molecular complexity index is 1350. The van der Waals surface area contributed by atoms with Gasteiger partial charge in [-0.1, -0.05) is 24.1 Å². The Labute approximate surface area is 194 Å². The molecule has 3 aromatic heterocycles. The number of rotatable bonds is 4. The number of fused-ring (bicyclic) bond motifs is 3. The number of hydrogen-bond donors (Lipinski definition) is 0. The number of benzene rings is 1. The average Bonchev–Trinajstić information content (AvgIpc) is 3.29. The lowest BCUT2D eigenvalue weighted by Gasteiger charge is -2.18. The second-order valence-corrected chi connectivity index (χ2v) is 10.2. The van der Waals surface area contributed by atoms with Crippen molar-refractivity contribution in [2.24, 2.45) is 0 Å². The highest BCUT2D eigenvalue weighted by atomic mass is 32.1. The number of nitrogens with zero attached hydrogens (tertiary/aromatic N) is 4. The Hall–Kier alpha value is -2.84. The molecule has 0 N–H and O–H groups in total. The van der Waals surface area contributed by atoms with Gasteiger partial charge in [-0.05, 0) is 50.3 Å². The number of carbonyl (C=O) groups excluding carboxylic acids is 1. The van der Waals surface area contributed by atoms with E-state index in [2.05, 4.69) is 9.97 Å². The molecule has 0 saturated heterocycles. The van der Waals surface area contributed by atoms with Gasteiger partial charge in [0.2, 0.25) is 5.91 Å². The van der Waals surface area contributed by atoms with E-state index in [0.29, 0.717) is 11.7 Å². The van der Waals surface area contributed by atoms with Crippen LogP contribution in [0.4, 0.5) is 10.8 Å². The highest BCUT2D eigenvalue weighted by Gasteiger charge is 2.21. The van der Waals surface area contributed by atoms with Crippen LogP contribution in [0.2, 0.25) is 0 Å². The Kier molecular flexibility index (Phi) is 5.65. The quantitative estimate of drug-likeness (QED) is 0.388. The summed E-state index contributed by atoms with van der Waals surface area (Å²) in [5, 5.41) is 3.29. The smallest absolute Gasteiger partial charge is 0.262 e. The SMILES string of the molecule is CC(=O)N(c1ccc(C)cc1)c1nc(Cn2cnc3sc4c(c3c2=O)CCCCC4)cs1. The standard InChI is InChI=1S/C24H24N4O2S2/c1-15-8-10-18(11-9-15)28(16(2)29)24-26-17(13-31-24)12-27-14-25-22-21(23(27)30)19-6-4-3-5-7-20(19)32-22/h8-11,13-14H,3-7,12H2,1-2H3. The molecule has 0 unspecified atom stereocenters. The summed E-state index contributed by atoms with van der Waals surface area (Å²) in [4.78, 5) is 38.7. The van der Waals surface area contributed by atoms with Crippen molar-refractivity contribution in [1.82, 2.24) is 14.5 Å². The fourth-order valence-electron chi connectivity index (χ4n) is 4.24. The van der Waals surface area contributed by atoms with Gasteiger partial charge in [-0.25, -0.2) is 9.97 Å². The molecule has 8 heteroatoms. The zero-order chi connectivity index (χ0) is 22.2. The van der Waals surface area contributed by atoms with Gasteiger partial charge >= 0.3 is 0 Å². The van der Waals surface area contributed by atoms with Crippen LogP contribution in [0.5, 0.6) is 0 Å². The van der Waals surface area contributed by atoms with E-state index in [1.165, 1.54) is 41.5 Å². The lowest BCUT2D eigenvalue weighted by molar-refractivity contribution is -0.115. The van der Waals surface area contributed by atoms with Crippen LogP contribution in [0.15, 0.2) is 40.8 Å². The van der Waals surface area contributed by atoms with Crippen molar-refractivity contribution in [2.75, 3.05) is 4.90 Å². The Morgan fingerprint density at radius 1 is 1.16 bits per heavy atom. The molecule has 0 atom stereocenters. The maximum Gasteiger partial charge on any atom is 0.262 e. The molecular formula is C24H24N4O2S2. The molecule has 1 amide bonds. The predicted octanol–water partition coefficient (Wildman–Crippen LogP) is 5.22. The summed E-state index contributed by atoms with van der Waals surface area (Å²) < 4.78 is 1.64. The van der Waals surface area contributed by atoms with Gasteiger partial charge in [-0.15, -0.1) is 22.7 Å². The topological polar surface area (TPSA) is 68.1 Å². The number of anilines is 2. The van der Waals surface area contributed by atoms with Gasteiger partial charge < -0.3 is 0 Å². The second kappa shape index (κ2) is 8.60. The number of hydrogen-bond acceptors (Lipinski definition) is 6. The maximum atomic E-state index is 13.3. The molecule has 6 nitrogen and oxygen atoms in total. The zero-order valence-electron chi connectivity index (χ0n) is 18.1.